The van der Waals surface area contributed by atoms with Crippen molar-refractivity contribution in [3.05, 3.63) is 65.1 Å². The zero-order valence-corrected chi connectivity index (χ0v) is 16.6. The van der Waals surface area contributed by atoms with E-state index in [0.29, 0.717) is 22.7 Å². The van der Waals surface area contributed by atoms with Gasteiger partial charge in [0.15, 0.2) is 5.82 Å². The number of nitrogens with zero attached hydrogens (tertiary/aromatic N) is 7. The van der Waals surface area contributed by atoms with Crippen LogP contribution in [0.2, 0.25) is 0 Å². The molecular weight excluding hydrogens is 397 g/mol. The molecule has 4 aromatic rings. The van der Waals surface area contributed by atoms with E-state index in [2.05, 4.69) is 25.2 Å². The first-order valence-electron chi connectivity index (χ1n) is 10.1. The fourth-order valence-electron chi connectivity index (χ4n) is 4.45. The van der Waals surface area contributed by atoms with Crippen LogP contribution >= 0.6 is 0 Å². The highest BCUT2D eigenvalue weighted by atomic mass is 19.1. The van der Waals surface area contributed by atoms with Crippen molar-refractivity contribution in [2.75, 3.05) is 0 Å². The van der Waals surface area contributed by atoms with E-state index in [1.54, 1.807) is 18.2 Å². The van der Waals surface area contributed by atoms with Crippen LogP contribution in [0.25, 0.3) is 44.3 Å². The van der Waals surface area contributed by atoms with Gasteiger partial charge in [-0.25, -0.2) is 14.4 Å². The maximum Gasteiger partial charge on any atom is 0.155 e. The van der Waals surface area contributed by atoms with Crippen LogP contribution in [-0.2, 0) is 0 Å². The Hall–Kier alpha value is -3.75. The molecule has 1 saturated carbocycles. The summed E-state index contributed by atoms with van der Waals surface area (Å²) in [7, 11) is 0. The summed E-state index contributed by atoms with van der Waals surface area (Å²) in [4.78, 5) is 12.0. The van der Waals surface area contributed by atoms with Gasteiger partial charge in [-0.2, -0.15) is 5.10 Å². The highest BCUT2D eigenvalue weighted by molar-refractivity contribution is 5.85. The Morgan fingerprint density at radius 1 is 1.23 bits per heavy atom. The standard InChI is InChI=1S/C21H20FN9/c22-14-5-2-1-4-13(14)21-27-16-9-8-12(20-25-11-26-29-20)10-18(16)31(21)17-7-3-6-15(23)19(17)28-30-24/h1-2,4-5,8-11,15,17,19H,3,6-7,23H2,(H,25,26,29)/t15-,17+,19+/m0/s1. The summed E-state index contributed by atoms with van der Waals surface area (Å²) in [6.07, 6.45) is 3.84. The molecule has 10 heteroatoms. The van der Waals surface area contributed by atoms with Crippen LogP contribution in [0.5, 0.6) is 0 Å². The van der Waals surface area contributed by atoms with Crippen molar-refractivity contribution in [1.82, 2.24) is 24.7 Å². The third-order valence-corrected chi connectivity index (χ3v) is 5.88. The molecule has 0 spiro atoms. The molecule has 5 rings (SSSR count). The van der Waals surface area contributed by atoms with Crippen LogP contribution in [-0.4, -0.2) is 36.8 Å². The number of nitrogens with two attached hydrogens (primary N) is 1. The summed E-state index contributed by atoms with van der Waals surface area (Å²) in [5.74, 6) is 0.740. The molecule has 2 aromatic heterocycles. The second-order valence-corrected chi connectivity index (χ2v) is 7.68. The predicted molar refractivity (Wildman–Crippen MR) is 114 cm³/mol. The van der Waals surface area contributed by atoms with Gasteiger partial charge in [0.2, 0.25) is 0 Å². The van der Waals surface area contributed by atoms with Gasteiger partial charge < -0.3 is 10.3 Å². The monoisotopic (exact) mass is 417 g/mol. The topological polar surface area (TPSA) is 134 Å². The first kappa shape index (κ1) is 19.2. The van der Waals surface area contributed by atoms with Gasteiger partial charge in [0, 0.05) is 22.6 Å². The Kier molecular flexibility index (Phi) is 4.85. The van der Waals surface area contributed by atoms with Gasteiger partial charge in [-0.05, 0) is 55.1 Å². The number of hydrogen-bond donors (Lipinski definition) is 2. The van der Waals surface area contributed by atoms with Crippen LogP contribution in [0.3, 0.4) is 0 Å². The minimum atomic E-state index is -0.462. The third kappa shape index (κ3) is 3.31. The molecule has 3 atom stereocenters. The number of nitrogens with one attached hydrogen (secondary N) is 1. The first-order valence-corrected chi connectivity index (χ1v) is 10.1. The number of azide groups is 1. The summed E-state index contributed by atoms with van der Waals surface area (Å²) < 4.78 is 16.8. The molecule has 0 unspecified atom stereocenters. The molecular formula is C21H20FN9. The number of hydrogen-bond acceptors (Lipinski definition) is 5. The van der Waals surface area contributed by atoms with Crippen LogP contribution in [0, 0.1) is 5.82 Å². The Labute approximate surface area is 176 Å². The van der Waals surface area contributed by atoms with Crippen molar-refractivity contribution >= 4 is 11.0 Å². The van der Waals surface area contributed by atoms with Gasteiger partial charge in [-0.3, -0.25) is 5.10 Å². The SMILES string of the molecule is [N-]=[N+]=N[C@H]1[C@H](n2c(-c3ccccc3F)nc3ccc(-c4ncn[nH]4)cc32)CCC[C@@H]1N. The number of rotatable bonds is 4. The fourth-order valence-corrected chi connectivity index (χ4v) is 4.45. The smallest absolute Gasteiger partial charge is 0.155 e. The molecule has 0 amide bonds. The third-order valence-electron chi connectivity index (χ3n) is 5.88. The lowest BCUT2D eigenvalue weighted by atomic mass is 9.86. The largest absolute Gasteiger partial charge is 0.327 e. The lowest BCUT2D eigenvalue weighted by Gasteiger charge is -2.35. The molecule has 0 radical (unpaired) electrons. The summed E-state index contributed by atoms with van der Waals surface area (Å²) in [5.41, 5.74) is 18.2. The normalized spacial score (nSPS) is 21.2. The maximum absolute atomic E-state index is 14.8. The van der Waals surface area contributed by atoms with Gasteiger partial charge in [-0.15, -0.1) is 0 Å². The highest BCUT2D eigenvalue weighted by Gasteiger charge is 2.34. The molecule has 9 nitrogen and oxygen atoms in total. The zero-order chi connectivity index (χ0) is 21.4. The Balaban J connectivity index is 1.78. The molecule has 1 aliphatic rings. The molecule has 0 bridgehead atoms. The summed E-state index contributed by atoms with van der Waals surface area (Å²) in [6, 6.07) is 11.3. The molecule has 2 heterocycles. The number of halogens is 1. The fraction of sp³-hybridized carbons (Fsp3) is 0.286. The molecule has 31 heavy (non-hydrogen) atoms. The quantitative estimate of drug-likeness (QED) is 0.290. The van der Waals surface area contributed by atoms with E-state index in [0.717, 1.165) is 30.3 Å². The second-order valence-electron chi connectivity index (χ2n) is 7.68. The second kappa shape index (κ2) is 7.82. The van der Waals surface area contributed by atoms with Crippen LogP contribution in [0.4, 0.5) is 4.39 Å². The van der Waals surface area contributed by atoms with Gasteiger partial charge >= 0.3 is 0 Å². The lowest BCUT2D eigenvalue weighted by molar-refractivity contribution is 0.279. The average molecular weight is 417 g/mol. The number of benzene rings is 2. The van der Waals surface area contributed by atoms with E-state index in [4.69, 9.17) is 16.2 Å². The van der Waals surface area contributed by atoms with Crippen molar-refractivity contribution in [3.8, 4) is 22.8 Å². The summed E-state index contributed by atoms with van der Waals surface area (Å²) in [6.45, 7) is 0. The molecule has 1 aliphatic carbocycles. The highest BCUT2D eigenvalue weighted by Crippen LogP contribution is 2.38. The molecule has 156 valence electrons. The first-order chi connectivity index (χ1) is 15.2. The Morgan fingerprint density at radius 2 is 2.10 bits per heavy atom. The molecule has 3 N–H and O–H groups in total. The van der Waals surface area contributed by atoms with Gasteiger partial charge in [-0.1, -0.05) is 17.2 Å². The van der Waals surface area contributed by atoms with Crippen molar-refractivity contribution in [3.63, 3.8) is 0 Å². The van der Waals surface area contributed by atoms with Crippen molar-refractivity contribution in [1.29, 1.82) is 0 Å². The summed E-state index contributed by atoms with van der Waals surface area (Å²) in [5, 5.41) is 10.8. The van der Waals surface area contributed by atoms with Crippen LogP contribution < -0.4 is 5.73 Å². The van der Waals surface area contributed by atoms with Crippen molar-refractivity contribution in [2.45, 2.75) is 37.4 Å². The number of imidazole rings is 1. The number of H-pyrrole nitrogens is 1. The van der Waals surface area contributed by atoms with Gasteiger partial charge in [0.25, 0.3) is 0 Å². The van der Waals surface area contributed by atoms with Crippen LogP contribution in [0.15, 0.2) is 53.9 Å². The Morgan fingerprint density at radius 3 is 2.87 bits per heavy atom. The summed E-state index contributed by atoms with van der Waals surface area (Å²) >= 11 is 0. The maximum atomic E-state index is 14.8. The van der Waals surface area contributed by atoms with E-state index < -0.39 is 6.04 Å². The molecule has 2 aromatic carbocycles. The van der Waals surface area contributed by atoms with E-state index >= 15 is 0 Å². The lowest BCUT2D eigenvalue weighted by Crippen LogP contribution is -2.43. The Bertz CT molecular complexity index is 1270. The minimum Gasteiger partial charge on any atom is -0.327 e. The van der Waals surface area contributed by atoms with Gasteiger partial charge in [0.05, 0.1) is 22.6 Å². The molecule has 1 fully saturated rings. The molecule has 0 aliphatic heterocycles. The van der Waals surface area contributed by atoms with E-state index in [1.807, 2.05) is 22.8 Å². The van der Waals surface area contributed by atoms with Gasteiger partial charge in [0.1, 0.15) is 18.0 Å². The predicted octanol–water partition coefficient (Wildman–Crippen LogP) is 4.36. The van der Waals surface area contributed by atoms with Crippen molar-refractivity contribution in [2.24, 2.45) is 10.8 Å². The van der Waals surface area contributed by atoms with E-state index in [-0.39, 0.29) is 17.9 Å². The van der Waals surface area contributed by atoms with E-state index in [9.17, 15) is 4.39 Å². The van der Waals surface area contributed by atoms with E-state index in [1.165, 1.54) is 12.4 Å². The number of aromatic amines is 1. The number of aromatic nitrogens is 5. The van der Waals surface area contributed by atoms with Crippen molar-refractivity contribution < 1.29 is 4.39 Å². The number of fused-ring (bicyclic) bond motifs is 1. The van der Waals surface area contributed by atoms with Crippen LogP contribution in [0.1, 0.15) is 25.3 Å². The molecule has 0 saturated heterocycles. The minimum absolute atomic E-state index is 0.246. The zero-order valence-electron chi connectivity index (χ0n) is 16.6. The average Bonchev–Trinajstić information content (AvgIpc) is 3.43.